The maximum absolute atomic E-state index is 5.93. The Morgan fingerprint density at radius 1 is 1.08 bits per heavy atom. The third-order valence-electron chi connectivity index (χ3n) is 4.70. The lowest BCUT2D eigenvalue weighted by atomic mass is 10.2. The topological polar surface area (TPSA) is 45.4 Å². The highest BCUT2D eigenvalue weighted by Gasteiger charge is 2.15. The average molecular weight is 350 g/mol. The molecule has 1 saturated heterocycles. The van der Waals surface area contributed by atoms with E-state index in [2.05, 4.69) is 62.6 Å². The molecule has 0 saturated carbocycles. The second-order valence-corrected chi connectivity index (χ2v) is 7.20. The zero-order valence-corrected chi connectivity index (χ0v) is 15.0. The molecule has 1 aromatic carbocycles. The number of anilines is 2. The average Bonchev–Trinajstić information content (AvgIpc) is 3.16. The summed E-state index contributed by atoms with van der Waals surface area (Å²) in [5, 5.41) is 3.13. The minimum absolute atomic E-state index is 0.616. The van der Waals surface area contributed by atoms with Gasteiger partial charge in [-0.2, -0.15) is 0 Å². The van der Waals surface area contributed by atoms with E-state index in [9.17, 15) is 0 Å². The van der Waals surface area contributed by atoms with E-state index in [0.29, 0.717) is 5.82 Å². The van der Waals surface area contributed by atoms with Crippen LogP contribution in [0.5, 0.6) is 0 Å². The highest BCUT2D eigenvalue weighted by atomic mass is 32.1. The summed E-state index contributed by atoms with van der Waals surface area (Å²) in [5.41, 5.74) is 8.41. The summed E-state index contributed by atoms with van der Waals surface area (Å²) in [6.07, 6.45) is 6.29. The zero-order valence-electron chi connectivity index (χ0n) is 14.1. The minimum Gasteiger partial charge on any atom is -0.383 e. The van der Waals surface area contributed by atoms with Crippen molar-refractivity contribution in [2.24, 2.45) is 0 Å². The van der Waals surface area contributed by atoms with Gasteiger partial charge >= 0.3 is 0 Å². The molecule has 0 radical (unpaired) electrons. The smallest absolute Gasteiger partial charge is 0.132 e. The molecule has 1 aliphatic rings. The molecule has 5 heteroatoms. The van der Waals surface area contributed by atoms with Crippen LogP contribution in [-0.2, 0) is 0 Å². The first-order chi connectivity index (χ1) is 12.3. The van der Waals surface area contributed by atoms with E-state index in [1.807, 2.05) is 12.3 Å². The molecule has 0 unspecified atom stereocenters. The molecular formula is C20H22N4S. The molecular weight excluding hydrogens is 328 g/mol. The van der Waals surface area contributed by atoms with E-state index in [4.69, 9.17) is 5.73 Å². The Kier molecular flexibility index (Phi) is 4.68. The maximum atomic E-state index is 5.93. The number of nitrogens with two attached hydrogens (primary N) is 1. The SMILES string of the molecule is Nc1ncc(/C=C/CN2CCN(c3ccccc3)CC2)c2sccc12. The van der Waals surface area contributed by atoms with Crippen molar-refractivity contribution in [1.29, 1.82) is 0 Å². The van der Waals surface area contributed by atoms with Crippen LogP contribution in [0.2, 0.25) is 0 Å². The van der Waals surface area contributed by atoms with Crippen LogP contribution in [0.3, 0.4) is 0 Å². The van der Waals surface area contributed by atoms with Gasteiger partial charge in [-0.1, -0.05) is 30.4 Å². The van der Waals surface area contributed by atoms with E-state index in [-0.39, 0.29) is 0 Å². The van der Waals surface area contributed by atoms with Crippen LogP contribution in [-0.4, -0.2) is 42.6 Å². The Balaban J connectivity index is 1.35. The van der Waals surface area contributed by atoms with Gasteiger partial charge in [0.2, 0.25) is 0 Å². The van der Waals surface area contributed by atoms with Gasteiger partial charge in [-0.25, -0.2) is 4.98 Å². The van der Waals surface area contributed by atoms with Gasteiger partial charge < -0.3 is 10.6 Å². The van der Waals surface area contributed by atoms with E-state index < -0.39 is 0 Å². The first-order valence-corrected chi connectivity index (χ1v) is 9.50. The van der Waals surface area contributed by atoms with Crippen LogP contribution in [0.1, 0.15) is 5.56 Å². The number of rotatable bonds is 4. The molecule has 0 bridgehead atoms. The van der Waals surface area contributed by atoms with Crippen LogP contribution >= 0.6 is 11.3 Å². The second kappa shape index (κ2) is 7.25. The predicted molar refractivity (Wildman–Crippen MR) is 108 cm³/mol. The van der Waals surface area contributed by atoms with Gasteiger partial charge in [0.15, 0.2) is 0 Å². The molecule has 0 spiro atoms. The standard InChI is InChI=1S/C20H22N4S/c21-20-18-8-14-25-19(18)16(15-22-20)5-4-9-23-10-12-24(13-11-23)17-6-2-1-3-7-17/h1-8,14-15H,9-13H2,(H2,21,22)/b5-4+. The molecule has 3 aromatic rings. The lowest BCUT2D eigenvalue weighted by Gasteiger charge is -2.35. The van der Waals surface area contributed by atoms with E-state index in [1.54, 1.807) is 11.3 Å². The maximum Gasteiger partial charge on any atom is 0.132 e. The Labute approximate surface area is 152 Å². The summed E-state index contributed by atoms with van der Waals surface area (Å²) < 4.78 is 1.22. The summed E-state index contributed by atoms with van der Waals surface area (Å²) in [6, 6.07) is 12.7. The molecule has 2 aromatic heterocycles. The van der Waals surface area contributed by atoms with Crippen molar-refractivity contribution in [1.82, 2.24) is 9.88 Å². The predicted octanol–water partition coefficient (Wildman–Crippen LogP) is 3.71. The summed E-state index contributed by atoms with van der Waals surface area (Å²) in [4.78, 5) is 9.25. The van der Waals surface area contributed by atoms with Gasteiger partial charge in [-0.3, -0.25) is 4.90 Å². The molecule has 1 fully saturated rings. The third-order valence-corrected chi connectivity index (χ3v) is 5.66. The van der Waals surface area contributed by atoms with Gasteiger partial charge in [-0.15, -0.1) is 11.3 Å². The van der Waals surface area contributed by atoms with Crippen molar-refractivity contribution >= 4 is 39.0 Å². The number of piperazine rings is 1. The number of hydrogen-bond acceptors (Lipinski definition) is 5. The van der Waals surface area contributed by atoms with Crippen molar-refractivity contribution < 1.29 is 0 Å². The monoisotopic (exact) mass is 350 g/mol. The number of fused-ring (bicyclic) bond motifs is 1. The van der Waals surface area contributed by atoms with E-state index in [1.165, 1.54) is 10.4 Å². The number of hydrogen-bond donors (Lipinski definition) is 1. The fourth-order valence-electron chi connectivity index (χ4n) is 3.28. The number of nitrogens with zero attached hydrogens (tertiary/aromatic N) is 3. The normalized spacial score (nSPS) is 16.1. The van der Waals surface area contributed by atoms with Gasteiger partial charge in [0.05, 0.1) is 0 Å². The van der Waals surface area contributed by atoms with Crippen molar-refractivity contribution in [2.45, 2.75) is 0 Å². The molecule has 2 N–H and O–H groups in total. The molecule has 1 aliphatic heterocycles. The molecule has 3 heterocycles. The van der Waals surface area contributed by atoms with Gasteiger partial charge in [0.25, 0.3) is 0 Å². The van der Waals surface area contributed by atoms with Crippen LogP contribution < -0.4 is 10.6 Å². The fourth-order valence-corrected chi connectivity index (χ4v) is 4.17. The summed E-state index contributed by atoms with van der Waals surface area (Å²) in [5.74, 6) is 0.616. The summed E-state index contributed by atoms with van der Waals surface area (Å²) in [7, 11) is 0. The summed E-state index contributed by atoms with van der Waals surface area (Å²) >= 11 is 1.72. The zero-order chi connectivity index (χ0) is 17.1. The highest BCUT2D eigenvalue weighted by Crippen LogP contribution is 2.28. The van der Waals surface area contributed by atoms with E-state index >= 15 is 0 Å². The van der Waals surface area contributed by atoms with Crippen molar-refractivity contribution in [2.75, 3.05) is 43.4 Å². The first-order valence-electron chi connectivity index (χ1n) is 8.62. The molecule has 0 amide bonds. The number of thiophene rings is 1. The first kappa shape index (κ1) is 16.1. The quantitative estimate of drug-likeness (QED) is 0.779. The van der Waals surface area contributed by atoms with Crippen LogP contribution in [0.25, 0.3) is 16.2 Å². The Bertz CT molecular complexity index is 864. The van der Waals surface area contributed by atoms with Gasteiger partial charge in [0.1, 0.15) is 5.82 Å². The van der Waals surface area contributed by atoms with Crippen LogP contribution in [0.15, 0.2) is 54.1 Å². The summed E-state index contributed by atoms with van der Waals surface area (Å²) in [6.45, 7) is 5.31. The Morgan fingerprint density at radius 3 is 2.68 bits per heavy atom. The number of nitrogen functional groups attached to an aromatic ring is 1. The van der Waals surface area contributed by atoms with Crippen LogP contribution in [0, 0.1) is 0 Å². The lowest BCUT2D eigenvalue weighted by molar-refractivity contribution is 0.284. The minimum atomic E-state index is 0.616. The Hall–Kier alpha value is -2.37. The number of benzene rings is 1. The number of aromatic nitrogens is 1. The molecule has 0 aliphatic carbocycles. The Morgan fingerprint density at radius 2 is 1.88 bits per heavy atom. The van der Waals surface area contributed by atoms with Gasteiger partial charge in [-0.05, 0) is 23.6 Å². The molecule has 4 nitrogen and oxygen atoms in total. The lowest BCUT2D eigenvalue weighted by Crippen LogP contribution is -2.46. The van der Waals surface area contributed by atoms with Crippen molar-refractivity contribution in [3.63, 3.8) is 0 Å². The fraction of sp³-hybridized carbons (Fsp3) is 0.250. The number of pyridine rings is 1. The van der Waals surface area contributed by atoms with Crippen molar-refractivity contribution in [3.8, 4) is 0 Å². The molecule has 128 valence electrons. The molecule has 0 atom stereocenters. The third kappa shape index (κ3) is 3.52. The molecule has 4 rings (SSSR count). The number of para-hydroxylation sites is 1. The highest BCUT2D eigenvalue weighted by molar-refractivity contribution is 7.17. The van der Waals surface area contributed by atoms with E-state index in [0.717, 1.165) is 43.7 Å². The van der Waals surface area contributed by atoms with Crippen LogP contribution in [0.4, 0.5) is 11.5 Å². The largest absolute Gasteiger partial charge is 0.383 e. The molecule has 25 heavy (non-hydrogen) atoms. The van der Waals surface area contributed by atoms with Gasteiger partial charge in [0, 0.05) is 60.3 Å². The second-order valence-electron chi connectivity index (χ2n) is 6.29. The van der Waals surface area contributed by atoms with Crippen molar-refractivity contribution in [3.05, 3.63) is 59.6 Å².